The van der Waals surface area contributed by atoms with Gasteiger partial charge < -0.3 is 15.6 Å². The number of hydrogen-bond acceptors (Lipinski definition) is 2. The van der Waals surface area contributed by atoms with Gasteiger partial charge in [-0.1, -0.05) is 12.1 Å². The molecule has 0 saturated carbocycles. The quantitative estimate of drug-likeness (QED) is 0.675. The Morgan fingerprint density at radius 2 is 1.87 bits per heavy atom. The van der Waals surface area contributed by atoms with Gasteiger partial charge in [0.1, 0.15) is 0 Å². The fourth-order valence-electron chi connectivity index (χ4n) is 3.61. The number of piperidine rings is 1. The van der Waals surface area contributed by atoms with E-state index in [0.29, 0.717) is 5.92 Å². The van der Waals surface area contributed by atoms with Gasteiger partial charge in [-0.15, -0.1) is 0 Å². The Morgan fingerprint density at radius 1 is 1.04 bits per heavy atom. The van der Waals surface area contributed by atoms with Crippen molar-refractivity contribution in [2.75, 3.05) is 18.4 Å². The van der Waals surface area contributed by atoms with Gasteiger partial charge in [-0.3, -0.25) is 4.79 Å². The van der Waals surface area contributed by atoms with Crippen molar-refractivity contribution in [1.29, 1.82) is 0 Å². The first-order valence-electron chi connectivity index (χ1n) is 8.24. The number of fused-ring (bicyclic) bond motifs is 3. The lowest BCUT2D eigenvalue weighted by Gasteiger charge is -2.23. The molecule has 1 fully saturated rings. The smallest absolute Gasteiger partial charge is 0.221 e. The SMILES string of the molecule is CC(=O)Nc1ccc2c(c1)[nH]c1ccc(C3CCNCC3)cc12. The Labute approximate surface area is 135 Å². The van der Waals surface area contributed by atoms with Crippen LogP contribution in [0.2, 0.25) is 0 Å². The molecule has 0 bridgehead atoms. The molecule has 2 heterocycles. The number of H-pyrrole nitrogens is 1. The van der Waals surface area contributed by atoms with Crippen LogP contribution in [0.15, 0.2) is 36.4 Å². The van der Waals surface area contributed by atoms with Crippen molar-refractivity contribution in [3.63, 3.8) is 0 Å². The second-order valence-corrected chi connectivity index (χ2v) is 6.40. The predicted molar refractivity (Wildman–Crippen MR) is 95.0 cm³/mol. The van der Waals surface area contributed by atoms with E-state index >= 15 is 0 Å². The topological polar surface area (TPSA) is 56.9 Å². The molecule has 1 aliphatic rings. The molecule has 0 atom stereocenters. The number of amides is 1. The molecule has 3 aromatic rings. The summed E-state index contributed by atoms with van der Waals surface area (Å²) in [5.74, 6) is 0.609. The van der Waals surface area contributed by atoms with E-state index in [1.165, 1.54) is 36.1 Å². The van der Waals surface area contributed by atoms with E-state index in [4.69, 9.17) is 0 Å². The average Bonchev–Trinajstić information content (AvgIpc) is 2.92. The molecular formula is C19H21N3O. The van der Waals surface area contributed by atoms with Crippen LogP contribution >= 0.6 is 0 Å². The molecule has 4 nitrogen and oxygen atoms in total. The first-order valence-corrected chi connectivity index (χ1v) is 8.24. The molecule has 1 amide bonds. The molecule has 118 valence electrons. The summed E-state index contributed by atoms with van der Waals surface area (Å²) in [4.78, 5) is 14.7. The average molecular weight is 307 g/mol. The van der Waals surface area contributed by atoms with Gasteiger partial charge in [0.15, 0.2) is 0 Å². The monoisotopic (exact) mass is 307 g/mol. The molecule has 0 aliphatic carbocycles. The summed E-state index contributed by atoms with van der Waals surface area (Å²) in [5, 5.41) is 8.75. The number of benzene rings is 2. The van der Waals surface area contributed by atoms with Crippen LogP contribution in [0, 0.1) is 0 Å². The second-order valence-electron chi connectivity index (χ2n) is 6.40. The molecule has 0 radical (unpaired) electrons. The number of aromatic nitrogens is 1. The third-order valence-corrected chi connectivity index (χ3v) is 4.75. The molecule has 23 heavy (non-hydrogen) atoms. The highest BCUT2D eigenvalue weighted by molar-refractivity contribution is 6.08. The first kappa shape index (κ1) is 14.3. The summed E-state index contributed by atoms with van der Waals surface area (Å²) in [5.41, 5.74) is 4.48. The van der Waals surface area contributed by atoms with Crippen LogP contribution in [-0.4, -0.2) is 24.0 Å². The van der Waals surface area contributed by atoms with Crippen LogP contribution in [0.1, 0.15) is 31.2 Å². The van der Waals surface area contributed by atoms with E-state index in [2.05, 4.69) is 39.9 Å². The highest BCUT2D eigenvalue weighted by Crippen LogP contribution is 2.32. The number of hydrogen-bond donors (Lipinski definition) is 3. The fourth-order valence-corrected chi connectivity index (χ4v) is 3.61. The van der Waals surface area contributed by atoms with E-state index in [1.54, 1.807) is 0 Å². The van der Waals surface area contributed by atoms with Crippen LogP contribution in [0.25, 0.3) is 21.8 Å². The highest BCUT2D eigenvalue weighted by atomic mass is 16.1. The Bertz CT molecular complexity index is 875. The minimum atomic E-state index is -0.0475. The maximum atomic E-state index is 11.2. The van der Waals surface area contributed by atoms with Crippen molar-refractivity contribution in [1.82, 2.24) is 10.3 Å². The van der Waals surface area contributed by atoms with Crippen LogP contribution < -0.4 is 10.6 Å². The maximum absolute atomic E-state index is 11.2. The second kappa shape index (κ2) is 5.70. The zero-order chi connectivity index (χ0) is 15.8. The molecule has 4 rings (SSSR count). The number of carbonyl (C=O) groups excluding carboxylic acids is 1. The minimum absolute atomic E-state index is 0.0475. The van der Waals surface area contributed by atoms with Crippen LogP contribution in [0.3, 0.4) is 0 Å². The van der Waals surface area contributed by atoms with E-state index < -0.39 is 0 Å². The fraction of sp³-hybridized carbons (Fsp3) is 0.316. The lowest BCUT2D eigenvalue weighted by Crippen LogP contribution is -2.26. The van der Waals surface area contributed by atoms with Crippen LogP contribution in [0.5, 0.6) is 0 Å². The van der Waals surface area contributed by atoms with Crippen molar-refractivity contribution in [2.24, 2.45) is 0 Å². The van der Waals surface area contributed by atoms with E-state index in [-0.39, 0.29) is 5.91 Å². The Morgan fingerprint density at radius 3 is 2.65 bits per heavy atom. The van der Waals surface area contributed by atoms with Crippen molar-refractivity contribution < 1.29 is 4.79 Å². The maximum Gasteiger partial charge on any atom is 0.221 e. The van der Waals surface area contributed by atoms with Gasteiger partial charge >= 0.3 is 0 Å². The largest absolute Gasteiger partial charge is 0.354 e. The molecule has 4 heteroatoms. The van der Waals surface area contributed by atoms with Crippen LogP contribution in [0.4, 0.5) is 5.69 Å². The zero-order valence-corrected chi connectivity index (χ0v) is 13.3. The number of nitrogens with one attached hydrogen (secondary N) is 3. The number of anilines is 1. The number of carbonyl (C=O) groups is 1. The molecule has 0 spiro atoms. The molecule has 1 aromatic heterocycles. The standard InChI is InChI=1S/C19H21N3O/c1-12(23)21-15-3-4-16-17-10-14(13-6-8-20-9-7-13)2-5-18(17)22-19(16)11-15/h2-5,10-11,13,20,22H,6-9H2,1H3,(H,21,23). The normalized spacial score (nSPS) is 16.0. The number of rotatable bonds is 2. The Balaban J connectivity index is 1.77. The van der Waals surface area contributed by atoms with E-state index in [1.807, 2.05) is 12.1 Å². The van der Waals surface area contributed by atoms with Crippen molar-refractivity contribution in [3.8, 4) is 0 Å². The lowest BCUT2D eigenvalue weighted by atomic mass is 9.89. The van der Waals surface area contributed by atoms with Crippen molar-refractivity contribution >= 4 is 33.4 Å². The van der Waals surface area contributed by atoms with Gasteiger partial charge in [-0.25, -0.2) is 0 Å². The summed E-state index contributed by atoms with van der Waals surface area (Å²) in [6, 6.07) is 12.8. The van der Waals surface area contributed by atoms with E-state index in [9.17, 15) is 4.79 Å². The summed E-state index contributed by atoms with van der Waals surface area (Å²) < 4.78 is 0. The molecule has 0 unspecified atom stereocenters. The molecule has 2 aromatic carbocycles. The highest BCUT2D eigenvalue weighted by Gasteiger charge is 2.16. The summed E-state index contributed by atoms with van der Waals surface area (Å²) in [6.07, 6.45) is 2.42. The molecular weight excluding hydrogens is 286 g/mol. The Hall–Kier alpha value is -2.33. The zero-order valence-electron chi connectivity index (χ0n) is 13.3. The van der Waals surface area contributed by atoms with Gasteiger partial charge in [0, 0.05) is 34.4 Å². The summed E-state index contributed by atoms with van der Waals surface area (Å²) in [6.45, 7) is 3.74. The van der Waals surface area contributed by atoms with E-state index in [0.717, 1.165) is 29.8 Å². The third kappa shape index (κ3) is 2.70. The van der Waals surface area contributed by atoms with Gasteiger partial charge in [0.25, 0.3) is 0 Å². The summed E-state index contributed by atoms with van der Waals surface area (Å²) in [7, 11) is 0. The Kier molecular flexibility index (Phi) is 3.54. The van der Waals surface area contributed by atoms with Crippen LogP contribution in [-0.2, 0) is 4.79 Å². The van der Waals surface area contributed by atoms with Gasteiger partial charge in [-0.05, 0) is 61.7 Å². The molecule has 1 saturated heterocycles. The number of aromatic amines is 1. The summed E-state index contributed by atoms with van der Waals surface area (Å²) >= 11 is 0. The molecule has 1 aliphatic heterocycles. The third-order valence-electron chi connectivity index (χ3n) is 4.75. The van der Waals surface area contributed by atoms with Gasteiger partial charge in [0.05, 0.1) is 0 Å². The lowest BCUT2D eigenvalue weighted by molar-refractivity contribution is -0.114. The van der Waals surface area contributed by atoms with Gasteiger partial charge in [0.2, 0.25) is 5.91 Å². The van der Waals surface area contributed by atoms with Gasteiger partial charge in [-0.2, -0.15) is 0 Å². The van der Waals surface area contributed by atoms with Crippen molar-refractivity contribution in [3.05, 3.63) is 42.0 Å². The molecule has 3 N–H and O–H groups in total. The van der Waals surface area contributed by atoms with Crippen molar-refractivity contribution in [2.45, 2.75) is 25.7 Å². The first-order chi connectivity index (χ1) is 11.2. The predicted octanol–water partition coefficient (Wildman–Crippen LogP) is 3.75. The minimum Gasteiger partial charge on any atom is -0.354 e.